The molecule has 31 heavy (non-hydrogen) atoms. The molecule has 1 N–H and O–H groups in total. The lowest BCUT2D eigenvalue weighted by molar-refractivity contribution is -0.322. The van der Waals surface area contributed by atoms with E-state index in [1.54, 1.807) is 19.9 Å². The Labute approximate surface area is 184 Å². The second kappa shape index (κ2) is 7.41. The lowest BCUT2D eigenvalue weighted by Crippen LogP contribution is -2.78. The first kappa shape index (κ1) is 23.9. The van der Waals surface area contributed by atoms with Crippen molar-refractivity contribution in [2.24, 2.45) is 22.7 Å². The Bertz CT molecular complexity index is 804. The molecular weight excluding hydrogens is 400 g/mol. The SMILES string of the molecule is C=C[C@@]1(C)CC(=O)[C@H]2[C@@]3(C)C(O)CCC(C)(C)[C@H]3C(OC(C)=O)C(OC(C)=O)[C@@]2(C)O1. The van der Waals surface area contributed by atoms with Gasteiger partial charge >= 0.3 is 11.9 Å². The van der Waals surface area contributed by atoms with Gasteiger partial charge in [-0.2, -0.15) is 0 Å². The molecule has 1 saturated heterocycles. The van der Waals surface area contributed by atoms with E-state index in [1.807, 2.05) is 20.8 Å². The lowest BCUT2D eigenvalue weighted by Gasteiger charge is -2.68. The standard InChI is InChI=1S/C24H36O7/c1-9-22(6)12-15(27)18-23(7)16(28)10-11-21(4,5)19(23)17(29-13(2)25)20(30-14(3)26)24(18,8)31-22/h9,16-20,28H,1,10-12H2,2-8H3/t16?,17?,18-,19+,20?,22-,23+,24-/m0/s1. The van der Waals surface area contributed by atoms with Crippen LogP contribution < -0.4 is 0 Å². The van der Waals surface area contributed by atoms with E-state index in [2.05, 4.69) is 6.58 Å². The number of hydrogen-bond donors (Lipinski definition) is 1. The molecule has 0 aromatic rings. The van der Waals surface area contributed by atoms with Crippen LogP contribution in [0.3, 0.4) is 0 Å². The first-order chi connectivity index (χ1) is 14.1. The minimum Gasteiger partial charge on any atom is -0.458 e. The van der Waals surface area contributed by atoms with E-state index in [-0.39, 0.29) is 17.6 Å². The smallest absolute Gasteiger partial charge is 0.303 e. The van der Waals surface area contributed by atoms with E-state index in [1.165, 1.54) is 13.8 Å². The third kappa shape index (κ3) is 3.54. The molecule has 3 rings (SSSR count). The number of hydrogen-bond acceptors (Lipinski definition) is 7. The number of esters is 2. The van der Waals surface area contributed by atoms with Gasteiger partial charge in [-0.25, -0.2) is 0 Å². The fourth-order valence-electron chi connectivity index (χ4n) is 7.05. The van der Waals surface area contributed by atoms with Gasteiger partial charge in [0, 0.05) is 31.6 Å². The van der Waals surface area contributed by atoms with Crippen LogP contribution in [0.5, 0.6) is 0 Å². The fraction of sp³-hybridized carbons (Fsp3) is 0.792. The first-order valence-electron chi connectivity index (χ1n) is 11.0. The number of rotatable bonds is 3. The second-order valence-corrected chi connectivity index (χ2v) is 10.9. The number of ether oxygens (including phenoxy) is 3. The molecule has 8 atom stereocenters. The number of aliphatic hydroxyl groups is 1. The van der Waals surface area contributed by atoms with Gasteiger partial charge in [0.2, 0.25) is 0 Å². The van der Waals surface area contributed by atoms with Crippen LogP contribution in [-0.2, 0) is 28.6 Å². The van der Waals surface area contributed by atoms with Gasteiger partial charge in [0.15, 0.2) is 6.10 Å². The van der Waals surface area contributed by atoms with Crippen molar-refractivity contribution < 1.29 is 33.7 Å². The molecule has 3 unspecified atom stereocenters. The summed E-state index contributed by atoms with van der Waals surface area (Å²) in [5.41, 5.74) is -3.61. The summed E-state index contributed by atoms with van der Waals surface area (Å²) in [6, 6.07) is 0. The molecule has 2 aliphatic carbocycles. The Hall–Kier alpha value is -1.73. The highest BCUT2D eigenvalue weighted by atomic mass is 16.6. The Morgan fingerprint density at radius 1 is 1.13 bits per heavy atom. The number of carbonyl (C=O) groups is 3. The topological polar surface area (TPSA) is 99.1 Å². The summed E-state index contributed by atoms with van der Waals surface area (Å²) in [5.74, 6) is -2.31. The number of carbonyl (C=O) groups excluding carboxylic acids is 3. The summed E-state index contributed by atoms with van der Waals surface area (Å²) in [7, 11) is 0. The Morgan fingerprint density at radius 2 is 1.71 bits per heavy atom. The highest BCUT2D eigenvalue weighted by Gasteiger charge is 2.74. The average molecular weight is 437 g/mol. The van der Waals surface area contributed by atoms with Crippen molar-refractivity contribution in [2.45, 2.75) is 97.2 Å². The van der Waals surface area contributed by atoms with Gasteiger partial charge in [-0.05, 0) is 32.1 Å². The predicted octanol–water partition coefficient (Wildman–Crippen LogP) is 2.98. The normalized spacial score (nSPS) is 46.3. The van der Waals surface area contributed by atoms with Crippen molar-refractivity contribution in [3.8, 4) is 0 Å². The van der Waals surface area contributed by atoms with Crippen molar-refractivity contribution in [1.82, 2.24) is 0 Å². The molecule has 0 radical (unpaired) electrons. The van der Waals surface area contributed by atoms with Gasteiger partial charge in [-0.1, -0.05) is 26.8 Å². The molecule has 174 valence electrons. The Balaban J connectivity index is 2.31. The molecule has 3 fully saturated rings. The van der Waals surface area contributed by atoms with Gasteiger partial charge in [0.25, 0.3) is 0 Å². The predicted molar refractivity (Wildman–Crippen MR) is 113 cm³/mol. The average Bonchev–Trinajstić information content (AvgIpc) is 2.60. The molecule has 2 saturated carbocycles. The quantitative estimate of drug-likeness (QED) is 0.536. The van der Waals surface area contributed by atoms with E-state index in [4.69, 9.17) is 14.2 Å². The number of aliphatic hydroxyl groups excluding tert-OH is 1. The summed E-state index contributed by atoms with van der Waals surface area (Å²) in [4.78, 5) is 38.0. The largest absolute Gasteiger partial charge is 0.458 e. The van der Waals surface area contributed by atoms with Crippen molar-refractivity contribution in [2.75, 3.05) is 0 Å². The van der Waals surface area contributed by atoms with Gasteiger partial charge in [-0.15, -0.1) is 6.58 Å². The monoisotopic (exact) mass is 436 g/mol. The van der Waals surface area contributed by atoms with Crippen LogP contribution in [0.2, 0.25) is 0 Å². The van der Waals surface area contributed by atoms with E-state index in [9.17, 15) is 19.5 Å². The fourth-order valence-corrected chi connectivity index (χ4v) is 7.05. The van der Waals surface area contributed by atoms with E-state index in [0.29, 0.717) is 12.8 Å². The molecule has 0 bridgehead atoms. The highest BCUT2D eigenvalue weighted by molar-refractivity contribution is 5.86. The maximum Gasteiger partial charge on any atom is 0.303 e. The summed E-state index contributed by atoms with van der Waals surface area (Å²) < 4.78 is 18.1. The maximum absolute atomic E-state index is 13.7. The zero-order valence-electron chi connectivity index (χ0n) is 19.7. The Kier molecular flexibility index (Phi) is 5.72. The summed E-state index contributed by atoms with van der Waals surface area (Å²) in [6.07, 6.45) is 0.200. The number of Topliss-reactive ketones (excluding diaryl/α,β-unsaturated/α-hetero) is 1. The van der Waals surface area contributed by atoms with Crippen LogP contribution in [0.25, 0.3) is 0 Å². The Morgan fingerprint density at radius 3 is 2.23 bits per heavy atom. The van der Waals surface area contributed by atoms with Crippen LogP contribution in [-0.4, -0.2) is 52.3 Å². The van der Waals surface area contributed by atoms with E-state index in [0.717, 1.165) is 0 Å². The van der Waals surface area contributed by atoms with Crippen LogP contribution >= 0.6 is 0 Å². The van der Waals surface area contributed by atoms with Gasteiger partial charge in [-0.3, -0.25) is 14.4 Å². The minimum atomic E-state index is -1.32. The zero-order chi connectivity index (χ0) is 23.6. The minimum absolute atomic E-state index is 0.0705. The van der Waals surface area contributed by atoms with Crippen molar-refractivity contribution >= 4 is 17.7 Å². The zero-order valence-corrected chi connectivity index (χ0v) is 19.7. The number of fused-ring (bicyclic) bond motifs is 3. The first-order valence-corrected chi connectivity index (χ1v) is 11.0. The molecule has 1 heterocycles. The van der Waals surface area contributed by atoms with Crippen LogP contribution in [0.4, 0.5) is 0 Å². The number of ketones is 1. The molecule has 0 aromatic carbocycles. The van der Waals surface area contributed by atoms with E-state index >= 15 is 0 Å². The van der Waals surface area contributed by atoms with Gasteiger partial charge in [0.1, 0.15) is 17.5 Å². The highest BCUT2D eigenvalue weighted by Crippen LogP contribution is 2.65. The summed E-state index contributed by atoms with van der Waals surface area (Å²) >= 11 is 0. The van der Waals surface area contributed by atoms with Crippen molar-refractivity contribution in [3.63, 3.8) is 0 Å². The molecule has 7 heteroatoms. The molecule has 0 aromatic heterocycles. The summed E-state index contributed by atoms with van der Waals surface area (Å²) in [6.45, 7) is 15.9. The maximum atomic E-state index is 13.7. The molecule has 0 amide bonds. The second-order valence-electron chi connectivity index (χ2n) is 10.9. The van der Waals surface area contributed by atoms with Crippen molar-refractivity contribution in [3.05, 3.63) is 12.7 Å². The van der Waals surface area contributed by atoms with Gasteiger partial charge < -0.3 is 19.3 Å². The van der Waals surface area contributed by atoms with Crippen LogP contribution in [0, 0.1) is 22.7 Å². The van der Waals surface area contributed by atoms with Crippen molar-refractivity contribution in [1.29, 1.82) is 0 Å². The van der Waals surface area contributed by atoms with Crippen LogP contribution in [0.1, 0.15) is 67.7 Å². The molecule has 0 spiro atoms. The third-order valence-electron chi connectivity index (χ3n) is 8.01. The lowest BCUT2D eigenvalue weighted by atomic mass is 9.41. The van der Waals surface area contributed by atoms with Gasteiger partial charge in [0.05, 0.1) is 17.6 Å². The molecule has 7 nitrogen and oxygen atoms in total. The third-order valence-corrected chi connectivity index (χ3v) is 8.01. The van der Waals surface area contributed by atoms with Crippen LogP contribution in [0.15, 0.2) is 12.7 Å². The summed E-state index contributed by atoms with van der Waals surface area (Å²) in [5, 5.41) is 11.3. The molecule has 1 aliphatic heterocycles. The molecular formula is C24H36O7. The van der Waals surface area contributed by atoms with E-state index < -0.39 is 58.7 Å². The molecule has 3 aliphatic rings.